The Morgan fingerprint density at radius 2 is 1.71 bits per heavy atom. The van der Waals surface area contributed by atoms with Gasteiger partial charge in [-0.3, -0.25) is 4.79 Å². The third-order valence-electron chi connectivity index (χ3n) is 6.22. The molecule has 0 saturated carbocycles. The molecule has 0 aliphatic carbocycles. The number of piperazine rings is 1. The number of benzene rings is 3. The Kier molecular flexibility index (Phi) is 6.04. The van der Waals surface area contributed by atoms with Crippen LogP contribution >= 0.6 is 0 Å². The molecular weight excluding hydrogens is 426 g/mol. The predicted octanol–water partition coefficient (Wildman–Crippen LogP) is 5.29. The van der Waals surface area contributed by atoms with E-state index in [0.717, 1.165) is 30.1 Å². The Morgan fingerprint density at radius 3 is 2.47 bits per heavy atom. The summed E-state index contributed by atoms with van der Waals surface area (Å²) in [5.74, 6) is 1.97. The predicted molar refractivity (Wildman–Crippen MR) is 133 cm³/mol. The third-order valence-corrected chi connectivity index (χ3v) is 6.22. The van der Waals surface area contributed by atoms with Gasteiger partial charge in [0.15, 0.2) is 5.76 Å². The summed E-state index contributed by atoms with van der Waals surface area (Å²) in [6, 6.07) is 23.7. The number of amides is 1. The van der Waals surface area contributed by atoms with E-state index in [2.05, 4.69) is 16.0 Å². The van der Waals surface area contributed by atoms with E-state index in [-0.39, 0.29) is 5.91 Å². The Labute approximate surface area is 199 Å². The lowest BCUT2D eigenvalue weighted by Crippen LogP contribution is -2.48. The molecule has 5 rings (SSSR count). The first-order chi connectivity index (χ1) is 16.6. The fourth-order valence-electron chi connectivity index (χ4n) is 4.25. The molecule has 0 radical (unpaired) electrons. The van der Waals surface area contributed by atoms with Gasteiger partial charge in [0.25, 0.3) is 5.91 Å². The van der Waals surface area contributed by atoms with Crippen LogP contribution in [0.1, 0.15) is 15.9 Å². The molecule has 1 saturated heterocycles. The van der Waals surface area contributed by atoms with E-state index >= 15 is 0 Å². The monoisotopic (exact) mass is 453 g/mol. The minimum absolute atomic E-state index is 0.00372. The summed E-state index contributed by atoms with van der Waals surface area (Å²) in [7, 11) is 1.67. The Balaban J connectivity index is 1.33. The summed E-state index contributed by atoms with van der Waals surface area (Å²) in [5, 5.41) is 0. The van der Waals surface area contributed by atoms with Gasteiger partial charge in [0.05, 0.1) is 18.9 Å². The molecule has 0 N–H and O–H groups in total. The smallest absolute Gasteiger partial charge is 0.254 e. The summed E-state index contributed by atoms with van der Waals surface area (Å²) in [5.41, 5.74) is 4.57. The average Bonchev–Trinajstić information content (AvgIpc) is 3.39. The van der Waals surface area contributed by atoms with Gasteiger partial charge in [0, 0.05) is 49.1 Å². The number of anilines is 1. The molecule has 6 heteroatoms. The van der Waals surface area contributed by atoms with Gasteiger partial charge >= 0.3 is 0 Å². The topological polar surface area (TPSA) is 58.8 Å². The molecule has 1 aromatic heterocycles. The minimum atomic E-state index is -0.00372. The van der Waals surface area contributed by atoms with Crippen LogP contribution in [0.4, 0.5) is 5.69 Å². The van der Waals surface area contributed by atoms with Crippen LogP contribution in [0.2, 0.25) is 0 Å². The van der Waals surface area contributed by atoms with Gasteiger partial charge < -0.3 is 19.0 Å². The lowest BCUT2D eigenvalue weighted by molar-refractivity contribution is 0.0747. The van der Waals surface area contributed by atoms with Crippen molar-refractivity contribution in [2.45, 2.75) is 6.92 Å². The second-order valence-corrected chi connectivity index (χ2v) is 8.42. The lowest BCUT2D eigenvalue weighted by Gasteiger charge is -2.36. The maximum atomic E-state index is 13.5. The zero-order chi connectivity index (χ0) is 23.5. The van der Waals surface area contributed by atoms with Gasteiger partial charge in [-0.1, -0.05) is 48.0 Å². The van der Waals surface area contributed by atoms with Crippen molar-refractivity contribution >= 4 is 11.6 Å². The molecule has 3 aromatic carbocycles. The number of carbonyl (C=O) groups is 1. The van der Waals surface area contributed by atoms with Crippen molar-refractivity contribution in [2.24, 2.45) is 0 Å². The number of ether oxygens (including phenoxy) is 1. The van der Waals surface area contributed by atoms with E-state index in [4.69, 9.17) is 9.15 Å². The number of oxazole rings is 1. The number of aryl methyl sites for hydroxylation is 1. The van der Waals surface area contributed by atoms with E-state index in [1.807, 2.05) is 78.6 Å². The number of carbonyl (C=O) groups excluding carboxylic acids is 1. The molecule has 2 heterocycles. The highest BCUT2D eigenvalue weighted by Gasteiger charge is 2.25. The number of methoxy groups -OCH3 is 1. The molecule has 34 heavy (non-hydrogen) atoms. The number of aromatic nitrogens is 1. The highest BCUT2D eigenvalue weighted by molar-refractivity contribution is 6.00. The van der Waals surface area contributed by atoms with Crippen molar-refractivity contribution in [3.8, 4) is 28.5 Å². The first-order valence-corrected chi connectivity index (χ1v) is 11.4. The number of rotatable bonds is 5. The van der Waals surface area contributed by atoms with Crippen LogP contribution in [-0.2, 0) is 0 Å². The quantitative estimate of drug-likeness (QED) is 0.411. The largest absolute Gasteiger partial charge is 0.497 e. The van der Waals surface area contributed by atoms with Crippen LogP contribution in [0.15, 0.2) is 83.4 Å². The standard InChI is InChI=1S/C28H27N3O3/c1-20-10-12-21(13-11-20)26-19-29-27(34-26)24-8-3-4-9-25(24)28(32)31-16-14-30(15-17-31)22-6-5-7-23(18-22)33-2/h3-13,18-19H,14-17H2,1-2H3. The van der Waals surface area contributed by atoms with Gasteiger partial charge in [-0.25, -0.2) is 4.98 Å². The second-order valence-electron chi connectivity index (χ2n) is 8.42. The number of hydrogen-bond acceptors (Lipinski definition) is 5. The summed E-state index contributed by atoms with van der Waals surface area (Å²) in [4.78, 5) is 22.1. The molecule has 1 aliphatic heterocycles. The van der Waals surface area contributed by atoms with Crippen molar-refractivity contribution < 1.29 is 13.9 Å². The minimum Gasteiger partial charge on any atom is -0.497 e. The molecular formula is C28H27N3O3. The van der Waals surface area contributed by atoms with Crippen molar-refractivity contribution in [1.29, 1.82) is 0 Å². The fraction of sp³-hybridized carbons (Fsp3) is 0.214. The Hall–Kier alpha value is -4.06. The summed E-state index contributed by atoms with van der Waals surface area (Å²) < 4.78 is 11.4. The molecule has 0 unspecified atom stereocenters. The van der Waals surface area contributed by atoms with Crippen LogP contribution in [0.25, 0.3) is 22.8 Å². The van der Waals surface area contributed by atoms with Gasteiger partial charge in [-0.2, -0.15) is 0 Å². The van der Waals surface area contributed by atoms with Crippen LogP contribution in [0.5, 0.6) is 5.75 Å². The third kappa shape index (κ3) is 4.39. The molecule has 4 aromatic rings. The molecule has 0 atom stereocenters. The van der Waals surface area contributed by atoms with Crippen LogP contribution in [-0.4, -0.2) is 49.1 Å². The summed E-state index contributed by atoms with van der Waals surface area (Å²) in [6.07, 6.45) is 1.72. The van der Waals surface area contributed by atoms with Crippen LogP contribution in [0.3, 0.4) is 0 Å². The first kappa shape index (κ1) is 21.8. The van der Waals surface area contributed by atoms with Gasteiger partial charge in [-0.05, 0) is 31.2 Å². The normalized spacial score (nSPS) is 13.7. The SMILES string of the molecule is COc1cccc(N2CCN(C(=O)c3ccccc3-c3ncc(-c4ccc(C)cc4)o3)CC2)c1. The average molecular weight is 454 g/mol. The van der Waals surface area contributed by atoms with Crippen LogP contribution in [0, 0.1) is 6.92 Å². The van der Waals surface area contributed by atoms with Gasteiger partial charge in [0.1, 0.15) is 5.75 Å². The molecule has 0 bridgehead atoms. The highest BCUT2D eigenvalue weighted by Crippen LogP contribution is 2.29. The van der Waals surface area contributed by atoms with Gasteiger partial charge in [0.2, 0.25) is 5.89 Å². The van der Waals surface area contributed by atoms with E-state index in [1.165, 1.54) is 5.56 Å². The zero-order valence-electron chi connectivity index (χ0n) is 19.4. The first-order valence-electron chi connectivity index (χ1n) is 11.4. The van der Waals surface area contributed by atoms with Gasteiger partial charge in [-0.15, -0.1) is 0 Å². The van der Waals surface area contributed by atoms with Crippen molar-refractivity contribution in [3.63, 3.8) is 0 Å². The molecule has 1 fully saturated rings. The van der Waals surface area contributed by atoms with E-state index in [1.54, 1.807) is 13.3 Å². The maximum absolute atomic E-state index is 13.5. The Morgan fingerprint density at radius 1 is 0.941 bits per heavy atom. The van der Waals surface area contributed by atoms with Crippen LogP contribution < -0.4 is 9.64 Å². The zero-order valence-corrected chi connectivity index (χ0v) is 19.4. The van der Waals surface area contributed by atoms with Crippen molar-refractivity contribution in [1.82, 2.24) is 9.88 Å². The van der Waals surface area contributed by atoms with E-state index in [9.17, 15) is 4.79 Å². The summed E-state index contributed by atoms with van der Waals surface area (Å²) >= 11 is 0. The van der Waals surface area contributed by atoms with Crippen molar-refractivity contribution in [3.05, 3.63) is 90.1 Å². The molecule has 1 aliphatic rings. The lowest BCUT2D eigenvalue weighted by atomic mass is 10.1. The second kappa shape index (κ2) is 9.43. The maximum Gasteiger partial charge on any atom is 0.254 e. The molecule has 1 amide bonds. The van der Waals surface area contributed by atoms with Crippen molar-refractivity contribution in [2.75, 3.05) is 38.2 Å². The molecule has 6 nitrogen and oxygen atoms in total. The summed E-state index contributed by atoms with van der Waals surface area (Å²) in [6.45, 7) is 4.86. The van der Waals surface area contributed by atoms with E-state index in [0.29, 0.717) is 35.9 Å². The van der Waals surface area contributed by atoms with E-state index < -0.39 is 0 Å². The highest BCUT2D eigenvalue weighted by atomic mass is 16.5. The number of hydrogen-bond donors (Lipinski definition) is 0. The molecule has 172 valence electrons. The number of nitrogens with zero attached hydrogens (tertiary/aromatic N) is 3. The Bertz CT molecular complexity index is 1290. The fourth-order valence-corrected chi connectivity index (χ4v) is 4.25. The molecule has 0 spiro atoms.